The van der Waals surface area contributed by atoms with Crippen LogP contribution in [0.25, 0.3) is 11.0 Å². The van der Waals surface area contributed by atoms with E-state index in [0.29, 0.717) is 44.2 Å². The summed E-state index contributed by atoms with van der Waals surface area (Å²) in [5.41, 5.74) is -0.549. The van der Waals surface area contributed by atoms with Crippen LogP contribution in [0.2, 0.25) is 10.0 Å². The van der Waals surface area contributed by atoms with Gasteiger partial charge in [0.15, 0.2) is 11.0 Å². The Morgan fingerprint density at radius 2 is 1.74 bits per heavy atom. The molecule has 2 aromatic heterocycles. The van der Waals surface area contributed by atoms with Crippen molar-refractivity contribution in [3.63, 3.8) is 0 Å². The van der Waals surface area contributed by atoms with Gasteiger partial charge in [0.05, 0.1) is 23.2 Å². The van der Waals surface area contributed by atoms with Gasteiger partial charge in [-0.25, -0.2) is 0 Å². The first-order chi connectivity index (χ1) is 20.2. The van der Waals surface area contributed by atoms with Crippen LogP contribution < -0.4 is 15.2 Å². The highest BCUT2D eigenvalue weighted by Gasteiger charge is 2.66. The van der Waals surface area contributed by atoms with Crippen molar-refractivity contribution in [2.75, 3.05) is 9.80 Å². The summed E-state index contributed by atoms with van der Waals surface area (Å²) in [4.78, 5) is 46.5. The Kier molecular flexibility index (Phi) is 6.23. The molecule has 1 unspecified atom stereocenters. The maximum absolute atomic E-state index is 15.0. The van der Waals surface area contributed by atoms with Gasteiger partial charge in [0.2, 0.25) is 10.9 Å². The molecule has 210 valence electrons. The van der Waals surface area contributed by atoms with E-state index in [1.54, 1.807) is 47.4 Å². The summed E-state index contributed by atoms with van der Waals surface area (Å²) in [5, 5.41) is 10.6. The summed E-state index contributed by atoms with van der Waals surface area (Å²) < 4.78 is 6.11. The third-order valence-electron chi connectivity index (χ3n) is 7.60. The molecule has 2 aliphatic heterocycles. The monoisotopic (exact) mass is 616 g/mol. The molecule has 0 bridgehead atoms. The van der Waals surface area contributed by atoms with E-state index in [4.69, 9.17) is 27.6 Å². The first kappa shape index (κ1) is 26.8. The molecule has 1 spiro atoms. The number of para-hydroxylation sites is 1. The van der Waals surface area contributed by atoms with E-state index in [-0.39, 0.29) is 34.0 Å². The highest BCUT2D eigenvalue weighted by Crippen LogP contribution is 2.54. The molecule has 0 N–H and O–H groups in total. The Labute approximate surface area is 254 Å². The van der Waals surface area contributed by atoms with E-state index in [9.17, 15) is 14.4 Å². The van der Waals surface area contributed by atoms with E-state index in [0.717, 1.165) is 0 Å². The van der Waals surface area contributed by atoms with Crippen LogP contribution in [0, 0.1) is 5.92 Å². The Bertz CT molecular complexity index is 2000. The highest BCUT2D eigenvalue weighted by atomic mass is 35.5. The highest BCUT2D eigenvalue weighted by molar-refractivity contribution is 7.15. The molecule has 2 aliphatic rings. The number of amides is 2. The summed E-state index contributed by atoms with van der Waals surface area (Å²) >= 11 is 14.0. The minimum Gasteiger partial charge on any atom is -0.450 e. The number of carbonyl (C=O) groups excluding carboxylic acids is 2. The lowest BCUT2D eigenvalue weighted by Crippen LogP contribution is -2.53. The first-order valence-corrected chi connectivity index (χ1v) is 14.9. The van der Waals surface area contributed by atoms with Crippen molar-refractivity contribution in [2.45, 2.75) is 32.4 Å². The Hall–Kier alpha value is -4.05. The lowest BCUT2D eigenvalue weighted by Gasteiger charge is -2.32. The number of rotatable bonds is 5. The quantitative estimate of drug-likeness (QED) is 0.221. The maximum atomic E-state index is 15.0. The zero-order valence-electron chi connectivity index (χ0n) is 22.4. The molecule has 42 heavy (non-hydrogen) atoms. The van der Waals surface area contributed by atoms with Crippen molar-refractivity contribution in [2.24, 2.45) is 5.92 Å². The molecule has 5 aromatic rings. The van der Waals surface area contributed by atoms with Crippen molar-refractivity contribution in [3.05, 3.63) is 114 Å². The number of fused-ring (bicyclic) bond motifs is 5. The van der Waals surface area contributed by atoms with Crippen LogP contribution >= 0.6 is 34.5 Å². The number of nitrogens with zero attached hydrogens (tertiary/aromatic N) is 4. The fraction of sp³-hybridized carbons (Fsp3) is 0.194. The van der Waals surface area contributed by atoms with Gasteiger partial charge in [-0.15, -0.1) is 10.2 Å². The van der Waals surface area contributed by atoms with Crippen molar-refractivity contribution < 1.29 is 14.0 Å². The smallest absolute Gasteiger partial charge is 0.297 e. The Balaban J connectivity index is 1.54. The molecule has 7 rings (SSSR count). The number of benzene rings is 3. The van der Waals surface area contributed by atoms with Gasteiger partial charge < -0.3 is 9.32 Å². The summed E-state index contributed by atoms with van der Waals surface area (Å²) in [6, 6.07) is 19.0. The topological polar surface area (TPSA) is 96.6 Å². The predicted octanol–water partition coefficient (Wildman–Crippen LogP) is 6.60. The molecule has 2 amide bonds. The summed E-state index contributed by atoms with van der Waals surface area (Å²) in [6.07, 6.45) is 0.641. The average Bonchev–Trinajstić information content (AvgIpc) is 3.59. The molecule has 0 saturated heterocycles. The van der Waals surface area contributed by atoms with Crippen molar-refractivity contribution in [1.82, 2.24) is 10.2 Å². The third-order valence-corrected chi connectivity index (χ3v) is 9.14. The number of hydrogen-bond acceptors (Lipinski definition) is 7. The normalized spacial score (nSPS) is 17.6. The van der Waals surface area contributed by atoms with Crippen molar-refractivity contribution in [1.29, 1.82) is 0 Å². The number of hydrogen-bond donors (Lipinski definition) is 0. The average molecular weight is 618 g/mol. The van der Waals surface area contributed by atoms with Crippen molar-refractivity contribution >= 4 is 68.1 Å². The van der Waals surface area contributed by atoms with Crippen molar-refractivity contribution in [3.8, 4) is 0 Å². The second-order valence-corrected chi connectivity index (χ2v) is 12.6. The summed E-state index contributed by atoms with van der Waals surface area (Å²) in [6.45, 7) is 4.23. The van der Waals surface area contributed by atoms with Crippen LogP contribution in [0.4, 0.5) is 10.8 Å². The van der Waals surface area contributed by atoms with Gasteiger partial charge in [-0.05, 0) is 41.8 Å². The lowest BCUT2D eigenvalue weighted by molar-refractivity contribution is -0.121. The molecule has 8 nitrogen and oxygen atoms in total. The number of carbonyl (C=O) groups is 2. The SMILES string of the molecule is CC(C)Cc1nnc(N2C(=O)c3oc4ccc(Cl)cc4c(=O)c3C23C(=O)N(Cc2ccccc2Cl)c2ccccc23)s1. The number of aromatic nitrogens is 2. The summed E-state index contributed by atoms with van der Waals surface area (Å²) in [5.74, 6) is -1.05. The van der Waals surface area contributed by atoms with Gasteiger partial charge in [0.25, 0.3) is 11.8 Å². The Morgan fingerprint density at radius 3 is 2.52 bits per heavy atom. The molecule has 0 fully saturated rings. The lowest BCUT2D eigenvalue weighted by atomic mass is 9.84. The molecule has 0 aliphatic carbocycles. The molecule has 3 aromatic carbocycles. The second-order valence-electron chi connectivity index (χ2n) is 10.7. The minimum absolute atomic E-state index is 0.0676. The van der Waals surface area contributed by atoms with Crippen LogP contribution in [0.15, 0.2) is 75.9 Å². The molecular weight excluding hydrogens is 595 g/mol. The standard InChI is InChI=1S/C31H22Cl2N4O4S/c1-16(2)13-24-34-35-30(42-24)37-28(39)27-25(26(38)19-14-18(32)11-12-23(19)41-27)31(37)20-8-4-6-10-22(20)36(29(31)40)15-17-7-3-5-9-21(17)33/h3-12,14,16H,13,15H2,1-2H3. The van der Waals surface area contributed by atoms with Crippen LogP contribution in [0.1, 0.15) is 46.1 Å². The second kappa shape index (κ2) is 9.76. The van der Waals surface area contributed by atoms with E-state index >= 15 is 0 Å². The zero-order valence-corrected chi connectivity index (χ0v) is 24.8. The fourth-order valence-corrected chi connectivity index (χ4v) is 7.33. The Morgan fingerprint density at radius 1 is 0.976 bits per heavy atom. The van der Waals surface area contributed by atoms with Crippen LogP contribution in [0.3, 0.4) is 0 Å². The van der Waals surface area contributed by atoms with E-state index in [1.807, 2.05) is 18.2 Å². The first-order valence-electron chi connectivity index (χ1n) is 13.3. The largest absolute Gasteiger partial charge is 0.450 e. The van der Waals surface area contributed by atoms with Gasteiger partial charge in [-0.1, -0.05) is 84.8 Å². The zero-order chi connectivity index (χ0) is 29.3. The predicted molar refractivity (Wildman–Crippen MR) is 163 cm³/mol. The van der Waals surface area contributed by atoms with Gasteiger partial charge in [0, 0.05) is 22.0 Å². The molecule has 4 heterocycles. The van der Waals surface area contributed by atoms with E-state index in [2.05, 4.69) is 24.0 Å². The van der Waals surface area contributed by atoms with Gasteiger partial charge >= 0.3 is 0 Å². The van der Waals surface area contributed by atoms with Gasteiger partial charge in [0.1, 0.15) is 10.6 Å². The van der Waals surface area contributed by atoms with Crippen LogP contribution in [-0.2, 0) is 23.3 Å². The molecular formula is C31H22Cl2N4O4S. The van der Waals surface area contributed by atoms with E-state index in [1.165, 1.54) is 22.3 Å². The van der Waals surface area contributed by atoms with E-state index < -0.39 is 22.8 Å². The van der Waals surface area contributed by atoms with Gasteiger partial charge in [-0.2, -0.15) is 0 Å². The van der Waals surface area contributed by atoms with Gasteiger partial charge in [-0.3, -0.25) is 19.3 Å². The van der Waals surface area contributed by atoms with Crippen LogP contribution in [-0.4, -0.2) is 22.0 Å². The maximum Gasteiger partial charge on any atom is 0.297 e. The molecule has 11 heteroatoms. The molecule has 0 radical (unpaired) electrons. The third kappa shape index (κ3) is 3.77. The molecule has 1 atom stereocenters. The summed E-state index contributed by atoms with van der Waals surface area (Å²) in [7, 11) is 0. The van der Waals surface area contributed by atoms with Crippen LogP contribution in [0.5, 0.6) is 0 Å². The fourth-order valence-electron chi connectivity index (χ4n) is 5.86. The number of anilines is 2. The minimum atomic E-state index is -1.88. The molecule has 0 saturated carbocycles. The number of halogens is 2.